The first-order valence-corrected chi connectivity index (χ1v) is 3.05. The molecule has 0 aliphatic carbocycles. The van der Waals surface area contributed by atoms with Crippen LogP contribution >= 0.6 is 12.4 Å². The van der Waals surface area contributed by atoms with Crippen LogP contribution in [0, 0.1) is 0 Å². The summed E-state index contributed by atoms with van der Waals surface area (Å²) < 4.78 is 0. The third kappa shape index (κ3) is 2.01. The molecular weight excluding hydrogens is 122 g/mol. The first kappa shape index (κ1) is 8.25. The van der Waals surface area contributed by atoms with Crippen LogP contribution < -0.4 is 5.32 Å². The molecule has 1 aliphatic heterocycles. The van der Waals surface area contributed by atoms with Crippen molar-refractivity contribution in [1.82, 2.24) is 5.32 Å². The maximum Gasteiger partial charge on any atom is 0.00417 e. The minimum Gasteiger partial charge on any atom is -0.312 e. The largest absolute Gasteiger partial charge is 0.312 e. The lowest BCUT2D eigenvalue weighted by Gasteiger charge is -2.01. The normalized spacial score (nSPS) is 36.8. The molecule has 0 spiro atoms. The van der Waals surface area contributed by atoms with Crippen LogP contribution in [0.4, 0.5) is 0 Å². The maximum atomic E-state index is 3.42. The van der Waals surface area contributed by atoms with Gasteiger partial charge in [0.1, 0.15) is 0 Å². The molecule has 2 heteroatoms. The molecule has 1 rings (SSSR count). The van der Waals surface area contributed by atoms with Gasteiger partial charge in [0.15, 0.2) is 0 Å². The van der Waals surface area contributed by atoms with Crippen LogP contribution in [0.3, 0.4) is 0 Å². The van der Waals surface area contributed by atoms with E-state index >= 15 is 0 Å². The predicted octanol–water partition coefficient (Wildman–Crippen LogP) is 1.57. The van der Waals surface area contributed by atoms with Crippen molar-refractivity contribution < 1.29 is 0 Å². The van der Waals surface area contributed by atoms with Crippen molar-refractivity contribution in [2.24, 2.45) is 0 Å². The zero-order valence-corrected chi connectivity index (χ0v) is 6.29. The Labute approximate surface area is 57.3 Å². The molecule has 50 valence electrons. The lowest BCUT2D eigenvalue weighted by Crippen LogP contribution is -2.23. The minimum absolute atomic E-state index is 0. The molecule has 0 amide bonds. The maximum absolute atomic E-state index is 3.42. The third-order valence-corrected chi connectivity index (χ3v) is 1.60. The monoisotopic (exact) mass is 135 g/mol. The van der Waals surface area contributed by atoms with Crippen LogP contribution in [-0.4, -0.2) is 12.1 Å². The van der Waals surface area contributed by atoms with E-state index in [1.54, 1.807) is 0 Å². The van der Waals surface area contributed by atoms with Gasteiger partial charge in [-0.15, -0.1) is 12.4 Å². The van der Waals surface area contributed by atoms with Crippen LogP contribution in [0.25, 0.3) is 0 Å². The molecule has 1 heterocycles. The van der Waals surface area contributed by atoms with Crippen LogP contribution in [0.15, 0.2) is 0 Å². The van der Waals surface area contributed by atoms with Crippen molar-refractivity contribution in [3.63, 3.8) is 0 Å². The Hall–Kier alpha value is 0.250. The standard InChI is InChI=1S/C6H13N.ClH/c1-5-3-4-6(2)7-5;/h5-7H,3-4H2,1-2H3;1H/t5-,6+;. The highest BCUT2D eigenvalue weighted by Gasteiger charge is 2.14. The van der Waals surface area contributed by atoms with Gasteiger partial charge in [0.05, 0.1) is 0 Å². The highest BCUT2D eigenvalue weighted by Crippen LogP contribution is 2.09. The van der Waals surface area contributed by atoms with Crippen LogP contribution in [-0.2, 0) is 0 Å². The summed E-state index contributed by atoms with van der Waals surface area (Å²) in [6, 6.07) is 1.55. The number of hydrogen-bond acceptors (Lipinski definition) is 1. The van der Waals surface area contributed by atoms with Crippen molar-refractivity contribution >= 4 is 12.4 Å². The first-order chi connectivity index (χ1) is 3.29. The Morgan fingerprint density at radius 1 is 1.12 bits per heavy atom. The van der Waals surface area contributed by atoms with E-state index in [-0.39, 0.29) is 12.4 Å². The fourth-order valence-electron chi connectivity index (χ4n) is 1.15. The lowest BCUT2D eigenvalue weighted by atomic mass is 10.2. The Morgan fingerprint density at radius 3 is 1.62 bits per heavy atom. The number of nitrogens with one attached hydrogen (secondary N) is 1. The second-order valence-corrected chi connectivity index (χ2v) is 2.55. The Balaban J connectivity index is 0.000000490. The average molecular weight is 136 g/mol. The molecule has 0 radical (unpaired) electrons. The van der Waals surface area contributed by atoms with Gasteiger partial charge in [-0.2, -0.15) is 0 Å². The molecule has 1 saturated heterocycles. The van der Waals surface area contributed by atoms with Crippen molar-refractivity contribution in [1.29, 1.82) is 0 Å². The summed E-state index contributed by atoms with van der Waals surface area (Å²) in [7, 11) is 0. The van der Waals surface area contributed by atoms with E-state index in [2.05, 4.69) is 19.2 Å². The topological polar surface area (TPSA) is 12.0 Å². The SMILES string of the molecule is C[C@@H]1CC[C@H](C)N1.Cl. The lowest BCUT2D eigenvalue weighted by molar-refractivity contribution is 0.596. The summed E-state index contributed by atoms with van der Waals surface area (Å²) in [5.41, 5.74) is 0. The molecule has 1 N–H and O–H groups in total. The van der Waals surface area contributed by atoms with Crippen LogP contribution in [0.5, 0.6) is 0 Å². The smallest absolute Gasteiger partial charge is 0.00417 e. The number of hydrogen-bond donors (Lipinski definition) is 1. The fraction of sp³-hybridized carbons (Fsp3) is 1.00. The molecule has 1 nitrogen and oxygen atoms in total. The molecule has 1 fully saturated rings. The second kappa shape index (κ2) is 3.31. The van der Waals surface area contributed by atoms with Crippen LogP contribution in [0.1, 0.15) is 26.7 Å². The summed E-state index contributed by atoms with van der Waals surface area (Å²) in [5.74, 6) is 0. The van der Waals surface area contributed by atoms with Crippen molar-refractivity contribution in [2.75, 3.05) is 0 Å². The highest BCUT2D eigenvalue weighted by atomic mass is 35.5. The van der Waals surface area contributed by atoms with E-state index in [0.717, 1.165) is 12.1 Å². The summed E-state index contributed by atoms with van der Waals surface area (Å²) in [5, 5.41) is 3.42. The minimum atomic E-state index is 0. The van der Waals surface area contributed by atoms with Gasteiger partial charge < -0.3 is 5.32 Å². The van der Waals surface area contributed by atoms with Gasteiger partial charge in [0.25, 0.3) is 0 Å². The third-order valence-electron chi connectivity index (χ3n) is 1.60. The predicted molar refractivity (Wildman–Crippen MR) is 38.5 cm³/mol. The summed E-state index contributed by atoms with van der Waals surface area (Å²) in [6.07, 6.45) is 2.72. The molecule has 0 saturated carbocycles. The van der Waals surface area contributed by atoms with Crippen molar-refractivity contribution in [3.8, 4) is 0 Å². The molecule has 0 unspecified atom stereocenters. The van der Waals surface area contributed by atoms with Gasteiger partial charge in [0, 0.05) is 12.1 Å². The van der Waals surface area contributed by atoms with E-state index in [1.807, 2.05) is 0 Å². The zero-order chi connectivity index (χ0) is 5.28. The Morgan fingerprint density at radius 2 is 1.50 bits per heavy atom. The quantitative estimate of drug-likeness (QED) is 0.532. The van der Waals surface area contributed by atoms with E-state index in [0.29, 0.717) is 0 Å². The molecule has 2 atom stereocenters. The van der Waals surface area contributed by atoms with Gasteiger partial charge in [-0.25, -0.2) is 0 Å². The Kier molecular flexibility index (Phi) is 3.41. The first-order valence-electron chi connectivity index (χ1n) is 3.05. The molecule has 0 bridgehead atoms. The molecule has 0 aromatic rings. The van der Waals surface area contributed by atoms with Crippen molar-refractivity contribution in [3.05, 3.63) is 0 Å². The van der Waals surface area contributed by atoms with Gasteiger partial charge >= 0.3 is 0 Å². The fourth-order valence-corrected chi connectivity index (χ4v) is 1.15. The molecule has 0 aromatic heterocycles. The summed E-state index contributed by atoms with van der Waals surface area (Å²) >= 11 is 0. The molecule has 0 aromatic carbocycles. The van der Waals surface area contributed by atoms with Gasteiger partial charge in [-0.05, 0) is 26.7 Å². The van der Waals surface area contributed by atoms with Crippen molar-refractivity contribution in [2.45, 2.75) is 38.8 Å². The summed E-state index contributed by atoms with van der Waals surface area (Å²) in [4.78, 5) is 0. The van der Waals surface area contributed by atoms with Gasteiger partial charge in [-0.3, -0.25) is 0 Å². The second-order valence-electron chi connectivity index (χ2n) is 2.55. The van der Waals surface area contributed by atoms with Crippen LogP contribution in [0.2, 0.25) is 0 Å². The van der Waals surface area contributed by atoms with E-state index in [4.69, 9.17) is 0 Å². The number of halogens is 1. The zero-order valence-electron chi connectivity index (χ0n) is 5.48. The Bertz CT molecular complexity index is 57.5. The molecular formula is C6H14ClN. The number of rotatable bonds is 0. The van der Waals surface area contributed by atoms with Gasteiger partial charge in [-0.1, -0.05) is 0 Å². The van der Waals surface area contributed by atoms with Gasteiger partial charge in [0.2, 0.25) is 0 Å². The summed E-state index contributed by atoms with van der Waals surface area (Å²) in [6.45, 7) is 4.48. The average Bonchev–Trinajstić information content (AvgIpc) is 1.87. The van der Waals surface area contributed by atoms with E-state index < -0.39 is 0 Å². The van der Waals surface area contributed by atoms with E-state index in [9.17, 15) is 0 Å². The molecule has 8 heavy (non-hydrogen) atoms. The van der Waals surface area contributed by atoms with E-state index in [1.165, 1.54) is 12.8 Å². The highest BCUT2D eigenvalue weighted by molar-refractivity contribution is 5.85. The molecule has 1 aliphatic rings.